The highest BCUT2D eigenvalue weighted by molar-refractivity contribution is 5.99. The average Bonchev–Trinajstić information content (AvgIpc) is 3.46. The second kappa shape index (κ2) is 10.5. The Bertz CT molecular complexity index is 1790. The quantitative estimate of drug-likeness (QED) is 0.455. The first-order valence-electron chi connectivity index (χ1n) is 13.7. The first-order valence-corrected chi connectivity index (χ1v) is 13.7. The van der Waals surface area contributed by atoms with Crippen molar-refractivity contribution in [2.45, 2.75) is 70.9 Å². The number of hydrogen-bond donors (Lipinski definition) is 1. The minimum atomic E-state index is -0.964. The Hall–Kier alpha value is -4.75. The normalized spacial score (nSPS) is 22.6. The highest BCUT2D eigenvalue weighted by Crippen LogP contribution is 2.46. The maximum atomic E-state index is 14.2. The number of rotatable bonds is 6. The average molecular weight is 599 g/mol. The van der Waals surface area contributed by atoms with Gasteiger partial charge in [-0.1, -0.05) is 11.2 Å². The molecule has 3 aromatic rings. The van der Waals surface area contributed by atoms with Crippen molar-refractivity contribution in [3.8, 4) is 5.75 Å². The van der Waals surface area contributed by atoms with Crippen LogP contribution in [0.3, 0.4) is 0 Å². The number of aromatic nitrogens is 1. The maximum Gasteiger partial charge on any atom is 0.519 e. The van der Waals surface area contributed by atoms with E-state index in [0.29, 0.717) is 25.3 Å². The highest BCUT2D eigenvalue weighted by atomic mass is 19.1. The molecule has 0 radical (unpaired) electrons. The van der Waals surface area contributed by atoms with Crippen LogP contribution in [0.5, 0.6) is 5.75 Å². The van der Waals surface area contributed by atoms with Crippen molar-refractivity contribution in [1.82, 2.24) is 14.8 Å². The molecule has 2 bridgehead atoms. The predicted octanol–water partition coefficient (Wildman–Crippen LogP) is 3.20. The Morgan fingerprint density at radius 2 is 2.00 bits per heavy atom. The first-order chi connectivity index (χ1) is 20.5. The van der Waals surface area contributed by atoms with Crippen LogP contribution in [0, 0.1) is 18.6 Å². The lowest BCUT2D eigenvalue weighted by molar-refractivity contribution is -0.0656. The zero-order valence-electron chi connectivity index (χ0n) is 23.6. The Morgan fingerprint density at radius 3 is 2.67 bits per heavy atom. The number of ether oxygens (including phenoxy) is 1. The molecule has 1 aromatic carbocycles. The van der Waals surface area contributed by atoms with Gasteiger partial charge in [0.2, 0.25) is 5.43 Å². The van der Waals surface area contributed by atoms with Crippen LogP contribution in [0.25, 0.3) is 0 Å². The van der Waals surface area contributed by atoms with E-state index >= 15 is 0 Å². The number of pyridine rings is 1. The number of halogens is 2. The molecular weight excluding hydrogens is 570 g/mol. The molecule has 3 aliphatic heterocycles. The van der Waals surface area contributed by atoms with Crippen LogP contribution < -0.4 is 21.3 Å². The van der Waals surface area contributed by atoms with Crippen LogP contribution in [-0.4, -0.2) is 45.2 Å². The predicted molar refractivity (Wildman–Crippen MR) is 145 cm³/mol. The molecule has 2 aromatic heterocycles. The minimum absolute atomic E-state index is 0.00115. The molecule has 0 saturated carbocycles. The van der Waals surface area contributed by atoms with Gasteiger partial charge in [0, 0.05) is 43.4 Å². The summed E-state index contributed by atoms with van der Waals surface area (Å²) in [5, 5.41) is 6.69. The summed E-state index contributed by atoms with van der Waals surface area (Å²) >= 11 is 0. The number of oxime groups is 1. The van der Waals surface area contributed by atoms with Gasteiger partial charge in [0.25, 0.3) is 11.8 Å². The van der Waals surface area contributed by atoms with Gasteiger partial charge in [-0.15, -0.1) is 0 Å². The number of fused-ring (bicyclic) bond motifs is 5. The van der Waals surface area contributed by atoms with E-state index in [1.807, 2.05) is 13.8 Å². The third-order valence-corrected chi connectivity index (χ3v) is 8.31. The summed E-state index contributed by atoms with van der Waals surface area (Å²) in [6.07, 6.45) is 2.92. The summed E-state index contributed by atoms with van der Waals surface area (Å²) in [5.74, 6) is -4.25. The van der Waals surface area contributed by atoms with Gasteiger partial charge in [-0.25, -0.2) is 13.6 Å². The Morgan fingerprint density at radius 1 is 1.21 bits per heavy atom. The van der Waals surface area contributed by atoms with Gasteiger partial charge in [-0.3, -0.25) is 14.4 Å². The topological polar surface area (TPSA) is 146 Å². The maximum absolute atomic E-state index is 14.2. The van der Waals surface area contributed by atoms with E-state index in [1.165, 1.54) is 23.8 Å². The molecule has 1 N–H and O–H groups in total. The molecule has 3 aliphatic rings. The molecule has 226 valence electrons. The Balaban J connectivity index is 1.46. The van der Waals surface area contributed by atoms with Gasteiger partial charge >= 0.3 is 5.82 Å². The molecule has 14 heteroatoms. The second-order valence-corrected chi connectivity index (χ2v) is 11.1. The van der Waals surface area contributed by atoms with Crippen LogP contribution in [0.1, 0.15) is 77.1 Å². The van der Waals surface area contributed by atoms with Gasteiger partial charge in [0.05, 0.1) is 11.8 Å². The van der Waals surface area contributed by atoms with Gasteiger partial charge < -0.3 is 33.2 Å². The fourth-order valence-corrected chi connectivity index (χ4v) is 5.99. The molecule has 3 atom stereocenters. The largest absolute Gasteiger partial charge is 0.519 e. The van der Waals surface area contributed by atoms with Gasteiger partial charge in [0.15, 0.2) is 28.6 Å². The van der Waals surface area contributed by atoms with Crippen molar-refractivity contribution in [1.29, 1.82) is 0 Å². The number of amides is 2. The monoisotopic (exact) mass is 598 g/mol. The van der Waals surface area contributed by atoms with Crippen molar-refractivity contribution < 1.29 is 36.8 Å². The van der Waals surface area contributed by atoms with E-state index in [-0.39, 0.29) is 47.5 Å². The zero-order chi connectivity index (χ0) is 30.6. The lowest BCUT2D eigenvalue weighted by Crippen LogP contribution is -2.52. The Kier molecular flexibility index (Phi) is 6.93. The first kappa shape index (κ1) is 28.4. The summed E-state index contributed by atoms with van der Waals surface area (Å²) in [7, 11) is 0. The summed E-state index contributed by atoms with van der Waals surface area (Å²) in [6, 6.07) is 2.18. The summed E-state index contributed by atoms with van der Waals surface area (Å²) < 4.78 is 44.9. The molecule has 1 fully saturated rings. The SMILES string of the molecule is CC1=NO[C@@]2(CC[C@H](C)N3C[C@H]2n2cc(C(=O)NCc4ccc(F)cc4F)c(=O)c(OCc4oc(=O)oc4C)c2C3=O)C1. The summed E-state index contributed by atoms with van der Waals surface area (Å²) in [4.78, 5) is 60.5. The van der Waals surface area contributed by atoms with Gasteiger partial charge in [-0.2, -0.15) is 0 Å². The number of benzene rings is 1. The molecule has 5 heterocycles. The number of nitrogens with zero attached hydrogens (tertiary/aromatic N) is 3. The molecule has 12 nitrogen and oxygen atoms in total. The third-order valence-electron chi connectivity index (χ3n) is 8.31. The summed E-state index contributed by atoms with van der Waals surface area (Å²) in [5.41, 5.74) is -1.45. The second-order valence-electron chi connectivity index (χ2n) is 11.1. The van der Waals surface area contributed by atoms with Crippen LogP contribution >= 0.6 is 0 Å². The van der Waals surface area contributed by atoms with Crippen LogP contribution in [-0.2, 0) is 18.0 Å². The lowest BCUT2D eigenvalue weighted by atomic mass is 9.84. The minimum Gasteiger partial charge on any atom is -0.479 e. The molecule has 0 unspecified atom stereocenters. The third kappa shape index (κ3) is 4.89. The van der Waals surface area contributed by atoms with E-state index < -0.39 is 58.7 Å². The van der Waals surface area contributed by atoms with Crippen molar-refractivity contribution in [2.24, 2.45) is 5.16 Å². The fraction of sp³-hybridized carbons (Fsp3) is 0.414. The van der Waals surface area contributed by atoms with Crippen LogP contribution in [0.4, 0.5) is 8.78 Å². The van der Waals surface area contributed by atoms with Crippen LogP contribution in [0.2, 0.25) is 0 Å². The molecule has 43 heavy (non-hydrogen) atoms. The van der Waals surface area contributed by atoms with Crippen LogP contribution in [0.15, 0.2) is 48.0 Å². The number of aryl methyl sites for hydroxylation is 1. The van der Waals surface area contributed by atoms with E-state index in [2.05, 4.69) is 10.5 Å². The van der Waals surface area contributed by atoms with Crippen molar-refractivity contribution in [2.75, 3.05) is 6.54 Å². The number of carbonyl (C=O) groups is 2. The molecule has 1 spiro atoms. The van der Waals surface area contributed by atoms with Gasteiger partial charge in [-0.05, 0) is 39.7 Å². The molecule has 1 saturated heterocycles. The Labute approximate surface area is 242 Å². The van der Waals surface area contributed by atoms with E-state index in [4.69, 9.17) is 18.4 Å². The molecular formula is C29H28F2N4O8. The van der Waals surface area contributed by atoms with E-state index in [9.17, 15) is 28.0 Å². The number of hydrogen-bond acceptors (Lipinski definition) is 9. The van der Waals surface area contributed by atoms with Crippen molar-refractivity contribution in [3.63, 3.8) is 0 Å². The smallest absolute Gasteiger partial charge is 0.479 e. The zero-order valence-corrected chi connectivity index (χ0v) is 23.6. The van der Waals surface area contributed by atoms with Crippen molar-refractivity contribution in [3.05, 3.63) is 85.2 Å². The van der Waals surface area contributed by atoms with Gasteiger partial charge in [0.1, 0.15) is 23.8 Å². The molecule has 0 aliphatic carbocycles. The standard InChI is InChI=1S/C29H28F2N4O8/c1-14-9-29(43-33-14)7-6-15(2)34-12-22(29)35-11-19(26(37)32-10-17-4-5-18(30)8-20(17)31)24(36)25(23(35)27(34)38)40-13-21-16(3)41-28(39)42-21/h4-5,8,11,15,22H,6-7,9-10,12-13H2,1-3H3,(H,32,37)/t15-,22+,29-/m0/s1. The van der Waals surface area contributed by atoms with E-state index in [1.54, 1.807) is 4.90 Å². The summed E-state index contributed by atoms with van der Waals surface area (Å²) in [6.45, 7) is 4.67. The lowest BCUT2D eigenvalue weighted by Gasteiger charge is -2.42. The fourth-order valence-electron chi connectivity index (χ4n) is 5.99. The van der Waals surface area contributed by atoms with Crippen molar-refractivity contribution >= 4 is 17.5 Å². The number of carbonyl (C=O) groups excluding carboxylic acids is 2. The van der Waals surface area contributed by atoms with E-state index in [0.717, 1.165) is 11.8 Å². The molecule has 2 amide bonds. The number of nitrogens with one attached hydrogen (secondary N) is 1. The highest BCUT2D eigenvalue weighted by Gasteiger charge is 2.54. The molecule has 6 rings (SSSR count).